The number of likely N-dealkylation sites (N-methyl/N-ethyl adjacent to an activating group) is 1. The van der Waals surface area contributed by atoms with E-state index in [0.717, 1.165) is 29.9 Å². The van der Waals surface area contributed by atoms with Gasteiger partial charge in [0.1, 0.15) is 5.82 Å². The molecule has 22 heavy (non-hydrogen) atoms. The van der Waals surface area contributed by atoms with E-state index in [1.807, 2.05) is 11.7 Å². The van der Waals surface area contributed by atoms with Crippen molar-refractivity contribution in [1.29, 1.82) is 0 Å². The van der Waals surface area contributed by atoms with E-state index in [9.17, 15) is 4.39 Å². The molecule has 1 aromatic heterocycles. The van der Waals surface area contributed by atoms with Crippen molar-refractivity contribution < 1.29 is 9.13 Å². The zero-order valence-electron chi connectivity index (χ0n) is 12.7. The summed E-state index contributed by atoms with van der Waals surface area (Å²) >= 11 is 0. The first-order chi connectivity index (χ1) is 10.7. The maximum absolute atomic E-state index is 13.1. The van der Waals surface area contributed by atoms with Crippen LogP contribution in [0.15, 0.2) is 30.5 Å². The highest BCUT2D eigenvalue weighted by Crippen LogP contribution is 2.26. The lowest BCUT2D eigenvalue weighted by Gasteiger charge is -2.26. The highest BCUT2D eigenvalue weighted by molar-refractivity contribution is 5.62. The third kappa shape index (κ3) is 3.19. The molecule has 0 spiro atoms. The predicted octanol–water partition coefficient (Wildman–Crippen LogP) is 1.65. The minimum absolute atomic E-state index is 0.239. The lowest BCUT2D eigenvalue weighted by Crippen LogP contribution is -2.31. The van der Waals surface area contributed by atoms with Crippen LogP contribution in [0.25, 0.3) is 11.3 Å². The quantitative estimate of drug-likeness (QED) is 0.881. The number of hydrogen-bond donors (Lipinski definition) is 1. The Balaban J connectivity index is 1.91. The highest BCUT2D eigenvalue weighted by atomic mass is 19.1. The summed E-state index contributed by atoms with van der Waals surface area (Å²) in [7, 11) is 2.03. The van der Waals surface area contributed by atoms with Crippen LogP contribution in [0.5, 0.6) is 0 Å². The molecule has 2 aromatic rings. The Morgan fingerprint density at radius 2 is 2.09 bits per heavy atom. The van der Waals surface area contributed by atoms with Gasteiger partial charge in [-0.1, -0.05) is 0 Å². The van der Waals surface area contributed by atoms with Gasteiger partial charge < -0.3 is 15.4 Å². The summed E-state index contributed by atoms with van der Waals surface area (Å²) in [5.74, 6) is -0.239. The first-order valence-corrected chi connectivity index (χ1v) is 7.47. The Morgan fingerprint density at radius 1 is 1.36 bits per heavy atom. The smallest absolute Gasteiger partial charge is 0.123 e. The molecule has 0 radical (unpaired) electrons. The molecule has 0 atom stereocenters. The van der Waals surface area contributed by atoms with Crippen LogP contribution >= 0.6 is 0 Å². The van der Waals surface area contributed by atoms with Crippen molar-refractivity contribution in [3.63, 3.8) is 0 Å². The van der Waals surface area contributed by atoms with Crippen LogP contribution in [0.2, 0.25) is 0 Å². The zero-order chi connectivity index (χ0) is 15.5. The molecule has 6 heteroatoms. The summed E-state index contributed by atoms with van der Waals surface area (Å²) in [4.78, 5) is 2.16. The molecule has 1 fully saturated rings. The van der Waals surface area contributed by atoms with Crippen molar-refractivity contribution in [1.82, 2.24) is 14.7 Å². The second kappa shape index (κ2) is 6.56. The van der Waals surface area contributed by atoms with E-state index in [4.69, 9.17) is 15.6 Å². The molecule has 0 saturated carbocycles. The van der Waals surface area contributed by atoms with E-state index in [0.29, 0.717) is 25.8 Å². The summed E-state index contributed by atoms with van der Waals surface area (Å²) in [6.45, 7) is 3.59. The van der Waals surface area contributed by atoms with E-state index in [1.165, 1.54) is 12.1 Å². The Bertz CT molecular complexity index is 622. The fraction of sp³-hybridized carbons (Fsp3) is 0.438. The topological polar surface area (TPSA) is 56.3 Å². The molecule has 0 unspecified atom stereocenters. The van der Waals surface area contributed by atoms with Crippen molar-refractivity contribution in [2.75, 3.05) is 33.4 Å². The van der Waals surface area contributed by atoms with E-state index >= 15 is 0 Å². The van der Waals surface area contributed by atoms with Crippen molar-refractivity contribution in [2.24, 2.45) is 5.73 Å². The molecular weight excluding hydrogens is 283 g/mol. The van der Waals surface area contributed by atoms with Gasteiger partial charge in [-0.2, -0.15) is 5.10 Å². The number of ether oxygens (including phenoxy) is 1. The predicted molar refractivity (Wildman–Crippen MR) is 82.9 cm³/mol. The van der Waals surface area contributed by atoms with Gasteiger partial charge in [0.15, 0.2) is 0 Å². The van der Waals surface area contributed by atoms with Gasteiger partial charge in [0, 0.05) is 37.0 Å². The summed E-state index contributed by atoms with van der Waals surface area (Å²) in [6.07, 6.45) is 2.07. The van der Waals surface area contributed by atoms with Gasteiger partial charge in [0.05, 0.1) is 24.9 Å². The molecule has 2 heterocycles. The second-order valence-corrected chi connectivity index (χ2v) is 5.71. The SMILES string of the molecule is CN(CCN)Cc1cn(C2COC2)nc1-c1ccc(F)cc1. The van der Waals surface area contributed by atoms with Crippen LogP contribution in [0.4, 0.5) is 4.39 Å². The third-order valence-electron chi connectivity index (χ3n) is 3.87. The molecule has 1 aliphatic heterocycles. The van der Waals surface area contributed by atoms with Gasteiger partial charge >= 0.3 is 0 Å². The van der Waals surface area contributed by atoms with Crippen molar-refractivity contribution in [2.45, 2.75) is 12.6 Å². The van der Waals surface area contributed by atoms with E-state index in [1.54, 1.807) is 12.1 Å². The molecule has 0 amide bonds. The summed E-state index contributed by atoms with van der Waals surface area (Å²) < 4.78 is 20.4. The Hall–Kier alpha value is -1.76. The Labute approximate surface area is 129 Å². The monoisotopic (exact) mass is 304 g/mol. The Kier molecular flexibility index (Phi) is 4.52. The molecule has 118 valence electrons. The number of hydrogen-bond acceptors (Lipinski definition) is 4. The Morgan fingerprint density at radius 3 is 2.68 bits per heavy atom. The lowest BCUT2D eigenvalue weighted by molar-refractivity contribution is -0.0286. The van der Waals surface area contributed by atoms with Crippen LogP contribution in [0.1, 0.15) is 11.6 Å². The van der Waals surface area contributed by atoms with Gasteiger partial charge in [-0.25, -0.2) is 4.39 Å². The van der Waals surface area contributed by atoms with E-state index < -0.39 is 0 Å². The molecule has 0 bridgehead atoms. The normalized spacial score (nSPS) is 15.3. The van der Waals surface area contributed by atoms with Gasteiger partial charge in [-0.15, -0.1) is 0 Å². The second-order valence-electron chi connectivity index (χ2n) is 5.71. The number of nitrogens with two attached hydrogens (primary N) is 1. The lowest BCUT2D eigenvalue weighted by atomic mass is 10.1. The van der Waals surface area contributed by atoms with Gasteiger partial charge in [-0.05, 0) is 31.3 Å². The maximum atomic E-state index is 13.1. The molecule has 1 saturated heterocycles. The average molecular weight is 304 g/mol. The molecule has 2 N–H and O–H groups in total. The van der Waals surface area contributed by atoms with Gasteiger partial charge in [-0.3, -0.25) is 4.68 Å². The zero-order valence-corrected chi connectivity index (χ0v) is 12.7. The number of rotatable bonds is 6. The maximum Gasteiger partial charge on any atom is 0.123 e. The number of halogens is 1. The molecule has 1 aliphatic rings. The van der Waals surface area contributed by atoms with Crippen LogP contribution in [-0.2, 0) is 11.3 Å². The molecule has 0 aliphatic carbocycles. The van der Waals surface area contributed by atoms with Crippen LogP contribution < -0.4 is 5.73 Å². The molecular formula is C16H21FN4O. The van der Waals surface area contributed by atoms with Crippen LogP contribution in [0, 0.1) is 5.82 Å². The number of aromatic nitrogens is 2. The molecule has 5 nitrogen and oxygen atoms in total. The third-order valence-corrected chi connectivity index (χ3v) is 3.87. The molecule has 3 rings (SSSR count). The van der Waals surface area contributed by atoms with Gasteiger partial charge in [0.2, 0.25) is 0 Å². The summed E-state index contributed by atoms with van der Waals surface area (Å²) in [5, 5.41) is 4.70. The first kappa shape index (κ1) is 15.1. The first-order valence-electron chi connectivity index (χ1n) is 7.47. The number of benzene rings is 1. The fourth-order valence-electron chi connectivity index (χ4n) is 2.55. The van der Waals surface area contributed by atoms with Crippen LogP contribution in [-0.4, -0.2) is 48.0 Å². The van der Waals surface area contributed by atoms with Crippen molar-refractivity contribution in [3.8, 4) is 11.3 Å². The van der Waals surface area contributed by atoms with E-state index in [2.05, 4.69) is 11.1 Å². The highest BCUT2D eigenvalue weighted by Gasteiger charge is 2.23. The minimum Gasteiger partial charge on any atom is -0.377 e. The average Bonchev–Trinajstić information content (AvgIpc) is 2.81. The fourth-order valence-corrected chi connectivity index (χ4v) is 2.55. The van der Waals surface area contributed by atoms with Crippen molar-refractivity contribution >= 4 is 0 Å². The van der Waals surface area contributed by atoms with E-state index in [-0.39, 0.29) is 5.82 Å². The standard InChI is InChI=1S/C16H21FN4O/c1-20(7-6-18)8-13-9-21(15-10-22-11-15)19-16(13)12-2-4-14(17)5-3-12/h2-5,9,15H,6-8,10-11,18H2,1H3. The number of nitrogens with zero attached hydrogens (tertiary/aromatic N) is 3. The summed E-state index contributed by atoms with van der Waals surface area (Å²) in [5.41, 5.74) is 8.56. The molecule has 1 aromatic carbocycles. The van der Waals surface area contributed by atoms with Crippen molar-refractivity contribution in [3.05, 3.63) is 41.8 Å². The van der Waals surface area contributed by atoms with Gasteiger partial charge in [0.25, 0.3) is 0 Å². The largest absolute Gasteiger partial charge is 0.377 e. The van der Waals surface area contributed by atoms with Crippen LogP contribution in [0.3, 0.4) is 0 Å². The summed E-state index contributed by atoms with van der Waals surface area (Å²) in [6, 6.07) is 6.77. The minimum atomic E-state index is -0.239.